The van der Waals surface area contributed by atoms with Gasteiger partial charge < -0.3 is 9.47 Å². The monoisotopic (exact) mass is 450 g/mol. The van der Waals surface area contributed by atoms with Gasteiger partial charge in [-0.3, -0.25) is 4.79 Å². The second-order valence-corrected chi connectivity index (χ2v) is 8.50. The van der Waals surface area contributed by atoms with Crippen molar-refractivity contribution in [2.75, 3.05) is 18.0 Å². The van der Waals surface area contributed by atoms with Crippen molar-refractivity contribution in [1.82, 2.24) is 4.72 Å². The molecule has 0 atom stereocenters. The Bertz CT molecular complexity index is 1250. The van der Waals surface area contributed by atoms with Crippen molar-refractivity contribution in [3.05, 3.63) is 64.9 Å². The first-order chi connectivity index (χ1) is 14.3. The van der Waals surface area contributed by atoms with E-state index in [0.29, 0.717) is 9.69 Å². The number of hydrogen-bond acceptors (Lipinski definition) is 5. The van der Waals surface area contributed by atoms with E-state index in [0.717, 1.165) is 5.56 Å². The predicted octanol–water partition coefficient (Wildman–Crippen LogP) is 3.40. The van der Waals surface area contributed by atoms with Crippen molar-refractivity contribution in [3.8, 4) is 11.5 Å². The molecule has 0 spiro atoms. The molecule has 0 aromatic heterocycles. The number of hydrogen-bond donors (Lipinski definition) is 1. The van der Waals surface area contributed by atoms with E-state index >= 15 is 4.39 Å². The van der Waals surface area contributed by atoms with Crippen LogP contribution in [0.3, 0.4) is 0 Å². The van der Waals surface area contributed by atoms with Gasteiger partial charge in [0.25, 0.3) is 5.91 Å². The molecule has 30 heavy (non-hydrogen) atoms. The number of carbonyl (C=O) groups is 1. The third-order valence-electron chi connectivity index (χ3n) is 4.61. The van der Waals surface area contributed by atoms with Gasteiger partial charge >= 0.3 is 10.2 Å². The van der Waals surface area contributed by atoms with Crippen molar-refractivity contribution in [2.24, 2.45) is 0 Å². The third kappa shape index (κ3) is 3.50. The number of amides is 1. The summed E-state index contributed by atoms with van der Waals surface area (Å²) in [6, 6.07) is 13.8. The Morgan fingerprint density at radius 3 is 2.53 bits per heavy atom. The number of rotatable bonds is 5. The summed E-state index contributed by atoms with van der Waals surface area (Å²) in [5, 5.41) is 0.341. The minimum atomic E-state index is -4.27. The zero-order chi connectivity index (χ0) is 21.5. The lowest BCUT2D eigenvalue weighted by Gasteiger charge is -2.21. The van der Waals surface area contributed by atoms with E-state index in [1.54, 1.807) is 12.1 Å². The van der Waals surface area contributed by atoms with Crippen LogP contribution in [0, 0.1) is 5.82 Å². The summed E-state index contributed by atoms with van der Waals surface area (Å²) >= 11 is 6.29. The van der Waals surface area contributed by atoms with Crippen LogP contribution < -0.4 is 18.5 Å². The fraction of sp³-hybridized carbons (Fsp3) is 0.150. The molecule has 0 bridgehead atoms. The number of nitrogens with zero attached hydrogens (tertiary/aromatic N) is 1. The number of ether oxygens (including phenoxy) is 2. The van der Waals surface area contributed by atoms with Gasteiger partial charge in [0.1, 0.15) is 30.3 Å². The summed E-state index contributed by atoms with van der Waals surface area (Å²) in [7, 11) is -2.89. The maximum Gasteiger partial charge on any atom is 0.326 e. The van der Waals surface area contributed by atoms with Crippen molar-refractivity contribution in [1.29, 1.82) is 0 Å². The van der Waals surface area contributed by atoms with Gasteiger partial charge in [0.2, 0.25) is 0 Å². The van der Waals surface area contributed by atoms with Crippen molar-refractivity contribution >= 4 is 44.2 Å². The molecule has 1 saturated heterocycles. The molecule has 0 saturated carbocycles. The van der Waals surface area contributed by atoms with Crippen molar-refractivity contribution < 1.29 is 27.1 Å². The molecule has 10 heteroatoms. The zero-order valence-corrected chi connectivity index (χ0v) is 17.3. The molecule has 1 amide bonds. The fourth-order valence-corrected chi connectivity index (χ4v) is 4.73. The molecule has 1 N–H and O–H groups in total. The Labute approximate surface area is 177 Å². The summed E-state index contributed by atoms with van der Waals surface area (Å²) in [6.45, 7) is -0.508. The maximum atomic E-state index is 15.7. The van der Waals surface area contributed by atoms with Crippen LogP contribution in [0.25, 0.3) is 10.8 Å². The first-order valence-corrected chi connectivity index (χ1v) is 10.6. The van der Waals surface area contributed by atoms with E-state index in [4.69, 9.17) is 21.1 Å². The molecule has 0 aliphatic carbocycles. The molecule has 1 fully saturated rings. The van der Waals surface area contributed by atoms with Gasteiger partial charge in [-0.2, -0.15) is 8.42 Å². The van der Waals surface area contributed by atoms with Crippen LogP contribution in [-0.4, -0.2) is 28.0 Å². The topological polar surface area (TPSA) is 84.9 Å². The molecule has 0 radical (unpaired) electrons. The van der Waals surface area contributed by atoms with Crippen LogP contribution in [0.2, 0.25) is 5.02 Å². The lowest BCUT2D eigenvalue weighted by atomic mass is 10.1. The molecule has 4 rings (SSSR count). The second-order valence-electron chi connectivity index (χ2n) is 6.53. The molecule has 1 aliphatic heterocycles. The number of benzene rings is 3. The predicted molar refractivity (Wildman–Crippen MR) is 111 cm³/mol. The molecule has 1 heterocycles. The summed E-state index contributed by atoms with van der Waals surface area (Å²) in [5.74, 6) is -1.52. The smallest absolute Gasteiger partial charge is 0.326 e. The number of nitrogens with one attached hydrogen (secondary N) is 1. The average molecular weight is 451 g/mol. The molecular formula is C20H16ClFN2O5S. The van der Waals surface area contributed by atoms with E-state index in [2.05, 4.69) is 0 Å². The maximum absolute atomic E-state index is 15.7. The van der Waals surface area contributed by atoms with E-state index in [1.807, 2.05) is 35.1 Å². The van der Waals surface area contributed by atoms with Crippen LogP contribution in [0.15, 0.2) is 48.5 Å². The molecule has 7 nitrogen and oxygen atoms in total. The standard InChI is InChI=1S/C20H16ClFN2O5S/c1-28-14-8-7-13-9-15(29-11-12-5-3-2-4-6-12)20(19(22)17(13)18(14)21)24-10-16(25)23-30(24,26)27/h2-9H,10-11H2,1H3,(H,23,25). The Balaban J connectivity index is 1.91. The number of halogens is 2. The zero-order valence-electron chi connectivity index (χ0n) is 15.7. The molecule has 156 valence electrons. The van der Waals surface area contributed by atoms with Gasteiger partial charge in [0.15, 0.2) is 5.82 Å². The van der Waals surface area contributed by atoms with Gasteiger partial charge in [0.05, 0.1) is 12.1 Å². The first-order valence-electron chi connectivity index (χ1n) is 8.80. The van der Waals surface area contributed by atoms with Gasteiger partial charge in [-0.05, 0) is 23.1 Å². The highest BCUT2D eigenvalue weighted by molar-refractivity contribution is 7.92. The highest BCUT2D eigenvalue weighted by Crippen LogP contribution is 2.44. The lowest BCUT2D eigenvalue weighted by Crippen LogP contribution is -2.30. The minimum absolute atomic E-state index is 0.0146. The molecular weight excluding hydrogens is 435 g/mol. The number of anilines is 1. The van der Waals surface area contributed by atoms with Gasteiger partial charge in [-0.25, -0.2) is 13.4 Å². The summed E-state index contributed by atoms with van der Waals surface area (Å²) in [4.78, 5) is 11.7. The van der Waals surface area contributed by atoms with E-state index in [9.17, 15) is 13.2 Å². The highest BCUT2D eigenvalue weighted by atomic mass is 35.5. The van der Waals surface area contributed by atoms with Crippen LogP contribution >= 0.6 is 11.6 Å². The quantitative estimate of drug-likeness (QED) is 0.644. The SMILES string of the molecule is COc1ccc2cc(OCc3ccccc3)c(N3CC(=O)NS3(=O)=O)c(F)c2c1Cl. The normalized spacial score (nSPS) is 15.3. The number of carbonyl (C=O) groups excluding carboxylic acids is 1. The number of methoxy groups -OCH3 is 1. The summed E-state index contributed by atoms with van der Waals surface area (Å²) in [6.07, 6.45) is 0. The molecule has 3 aromatic carbocycles. The average Bonchev–Trinajstić information content (AvgIpc) is 2.99. The Morgan fingerprint density at radius 2 is 1.90 bits per heavy atom. The largest absolute Gasteiger partial charge is 0.495 e. The highest BCUT2D eigenvalue weighted by Gasteiger charge is 2.38. The summed E-state index contributed by atoms with van der Waals surface area (Å²) in [5.41, 5.74) is 0.405. The number of fused-ring (bicyclic) bond motifs is 1. The van der Waals surface area contributed by atoms with Gasteiger partial charge in [0, 0.05) is 5.39 Å². The minimum Gasteiger partial charge on any atom is -0.495 e. The Hall–Kier alpha value is -3.04. The van der Waals surface area contributed by atoms with Gasteiger partial charge in [-0.1, -0.05) is 48.0 Å². The van der Waals surface area contributed by atoms with E-state index < -0.39 is 34.2 Å². The summed E-state index contributed by atoms with van der Waals surface area (Å²) < 4.78 is 53.9. The van der Waals surface area contributed by atoms with Crippen molar-refractivity contribution in [2.45, 2.75) is 6.61 Å². The Kier molecular flexibility index (Phi) is 5.17. The second kappa shape index (κ2) is 7.66. The lowest BCUT2D eigenvalue weighted by molar-refractivity contribution is -0.117. The van der Waals surface area contributed by atoms with E-state index in [1.165, 1.54) is 13.2 Å². The fourth-order valence-electron chi connectivity index (χ4n) is 3.23. The van der Waals surface area contributed by atoms with Crippen LogP contribution in [0.1, 0.15) is 5.56 Å². The third-order valence-corrected chi connectivity index (χ3v) is 6.37. The van der Waals surface area contributed by atoms with Crippen LogP contribution in [0.5, 0.6) is 11.5 Å². The van der Waals surface area contributed by atoms with E-state index in [-0.39, 0.29) is 28.5 Å². The van der Waals surface area contributed by atoms with Crippen LogP contribution in [-0.2, 0) is 21.6 Å². The van der Waals surface area contributed by atoms with Crippen LogP contribution in [0.4, 0.5) is 10.1 Å². The molecule has 0 unspecified atom stereocenters. The van der Waals surface area contributed by atoms with Gasteiger partial charge in [-0.15, -0.1) is 0 Å². The first kappa shape index (κ1) is 20.2. The molecule has 1 aliphatic rings. The Morgan fingerprint density at radius 1 is 1.17 bits per heavy atom. The molecule has 3 aromatic rings. The van der Waals surface area contributed by atoms with Crippen molar-refractivity contribution in [3.63, 3.8) is 0 Å².